The van der Waals surface area contributed by atoms with Crippen molar-refractivity contribution in [3.8, 4) is 0 Å². The van der Waals surface area contributed by atoms with Gasteiger partial charge in [-0.3, -0.25) is 15.5 Å². The first-order chi connectivity index (χ1) is 6.09. The summed E-state index contributed by atoms with van der Waals surface area (Å²) >= 11 is 0. The second-order valence-corrected chi connectivity index (χ2v) is 3.53. The van der Waals surface area contributed by atoms with Crippen molar-refractivity contribution in [3.05, 3.63) is 10.1 Å². The zero-order valence-corrected chi connectivity index (χ0v) is 7.82. The summed E-state index contributed by atoms with van der Waals surface area (Å²) in [6, 6.07) is 0. The first-order valence-electron chi connectivity index (χ1n) is 4.51. The molecule has 0 aliphatic carbocycles. The Morgan fingerprint density at radius 1 is 1.62 bits per heavy atom. The van der Waals surface area contributed by atoms with Gasteiger partial charge < -0.3 is 4.90 Å². The van der Waals surface area contributed by atoms with Crippen LogP contribution < -0.4 is 0 Å². The van der Waals surface area contributed by atoms with E-state index >= 15 is 0 Å². The summed E-state index contributed by atoms with van der Waals surface area (Å²) in [5, 5.41) is 17.6. The van der Waals surface area contributed by atoms with Crippen molar-refractivity contribution in [1.29, 1.82) is 5.41 Å². The van der Waals surface area contributed by atoms with Crippen LogP contribution in [0.3, 0.4) is 0 Å². The quantitative estimate of drug-likeness (QED) is 0.301. The molecule has 0 aromatic heterocycles. The SMILES string of the molecule is CC(=N)N1CCC(C[N+](=O)[O-])CC1. The lowest BCUT2D eigenvalue weighted by Gasteiger charge is -2.30. The van der Waals surface area contributed by atoms with Gasteiger partial charge in [-0.15, -0.1) is 0 Å². The van der Waals surface area contributed by atoms with Crippen LogP contribution in [0.15, 0.2) is 0 Å². The van der Waals surface area contributed by atoms with Crippen molar-refractivity contribution in [2.75, 3.05) is 19.6 Å². The second kappa shape index (κ2) is 4.20. The van der Waals surface area contributed by atoms with Crippen molar-refractivity contribution in [2.45, 2.75) is 19.8 Å². The fraction of sp³-hybridized carbons (Fsp3) is 0.875. The number of likely N-dealkylation sites (tertiary alicyclic amines) is 1. The van der Waals surface area contributed by atoms with Crippen LogP contribution in [0, 0.1) is 21.4 Å². The minimum atomic E-state index is -0.238. The number of piperidine rings is 1. The maximum absolute atomic E-state index is 10.2. The molecular formula is C8H15N3O2. The van der Waals surface area contributed by atoms with Gasteiger partial charge in [-0.05, 0) is 19.8 Å². The van der Waals surface area contributed by atoms with E-state index in [0.717, 1.165) is 25.9 Å². The fourth-order valence-electron chi connectivity index (χ4n) is 1.66. The average Bonchev–Trinajstić information content (AvgIpc) is 2.04. The largest absolute Gasteiger partial charge is 0.361 e. The summed E-state index contributed by atoms with van der Waals surface area (Å²) in [7, 11) is 0. The second-order valence-electron chi connectivity index (χ2n) is 3.53. The standard InChI is InChI=1S/C8H15N3O2/c1-7(9)10-4-2-8(3-5-10)6-11(12)13/h8-9H,2-6H2,1H3. The van der Waals surface area contributed by atoms with Crippen LogP contribution >= 0.6 is 0 Å². The Morgan fingerprint density at radius 2 is 2.15 bits per heavy atom. The molecule has 0 aromatic rings. The number of hydrogen-bond donors (Lipinski definition) is 1. The maximum Gasteiger partial charge on any atom is 0.206 e. The molecule has 0 aromatic carbocycles. The third kappa shape index (κ3) is 3.01. The van der Waals surface area contributed by atoms with E-state index in [-0.39, 0.29) is 17.4 Å². The Bertz CT molecular complexity index is 209. The third-order valence-electron chi connectivity index (χ3n) is 2.50. The lowest BCUT2D eigenvalue weighted by molar-refractivity contribution is -0.489. The highest BCUT2D eigenvalue weighted by molar-refractivity contribution is 5.76. The van der Waals surface area contributed by atoms with E-state index in [1.165, 1.54) is 0 Å². The number of rotatable bonds is 2. The summed E-state index contributed by atoms with van der Waals surface area (Å²) in [5.41, 5.74) is 0. The molecule has 0 bridgehead atoms. The van der Waals surface area contributed by atoms with Gasteiger partial charge in [0, 0.05) is 23.9 Å². The number of hydrogen-bond acceptors (Lipinski definition) is 3. The zero-order chi connectivity index (χ0) is 9.84. The van der Waals surface area contributed by atoms with Gasteiger partial charge in [0.1, 0.15) is 0 Å². The molecule has 1 aliphatic heterocycles. The van der Waals surface area contributed by atoms with E-state index < -0.39 is 0 Å². The smallest absolute Gasteiger partial charge is 0.206 e. The van der Waals surface area contributed by atoms with E-state index in [0.29, 0.717) is 5.84 Å². The third-order valence-corrected chi connectivity index (χ3v) is 2.50. The van der Waals surface area contributed by atoms with E-state index in [1.54, 1.807) is 6.92 Å². The molecule has 0 radical (unpaired) electrons. The molecule has 0 amide bonds. The summed E-state index contributed by atoms with van der Waals surface area (Å²) < 4.78 is 0. The minimum absolute atomic E-state index is 0.0882. The molecule has 74 valence electrons. The minimum Gasteiger partial charge on any atom is -0.361 e. The van der Waals surface area contributed by atoms with Gasteiger partial charge in [0.2, 0.25) is 6.54 Å². The topological polar surface area (TPSA) is 70.2 Å². The predicted molar refractivity (Wildman–Crippen MR) is 49.6 cm³/mol. The summed E-state index contributed by atoms with van der Waals surface area (Å²) in [5.74, 6) is 0.783. The Kier molecular flexibility index (Phi) is 3.22. The van der Waals surface area contributed by atoms with Crippen molar-refractivity contribution < 1.29 is 4.92 Å². The molecule has 5 heteroatoms. The highest BCUT2D eigenvalue weighted by Gasteiger charge is 2.22. The van der Waals surface area contributed by atoms with Crippen LogP contribution in [0.2, 0.25) is 0 Å². The number of nitrogens with zero attached hydrogens (tertiary/aromatic N) is 2. The van der Waals surface area contributed by atoms with E-state index in [1.807, 2.05) is 4.90 Å². The van der Waals surface area contributed by atoms with Gasteiger partial charge >= 0.3 is 0 Å². The van der Waals surface area contributed by atoms with E-state index in [4.69, 9.17) is 5.41 Å². The Morgan fingerprint density at radius 3 is 2.54 bits per heavy atom. The molecule has 1 N–H and O–H groups in total. The molecular weight excluding hydrogens is 170 g/mol. The molecule has 1 fully saturated rings. The molecule has 1 saturated heterocycles. The Balaban J connectivity index is 2.30. The lowest BCUT2D eigenvalue weighted by Crippen LogP contribution is -2.38. The monoisotopic (exact) mass is 185 g/mol. The maximum atomic E-state index is 10.2. The molecule has 0 saturated carbocycles. The average molecular weight is 185 g/mol. The van der Waals surface area contributed by atoms with Gasteiger partial charge in [0.15, 0.2) is 0 Å². The summed E-state index contributed by atoms with van der Waals surface area (Å²) in [6.07, 6.45) is 1.69. The summed E-state index contributed by atoms with van der Waals surface area (Å²) in [4.78, 5) is 12.0. The van der Waals surface area contributed by atoms with Crippen LogP contribution in [0.25, 0.3) is 0 Å². The van der Waals surface area contributed by atoms with Gasteiger partial charge in [-0.25, -0.2) is 0 Å². The van der Waals surface area contributed by atoms with Crippen molar-refractivity contribution in [1.82, 2.24) is 4.90 Å². The van der Waals surface area contributed by atoms with Crippen LogP contribution in [-0.4, -0.2) is 35.3 Å². The van der Waals surface area contributed by atoms with Gasteiger partial charge in [0.05, 0.1) is 5.84 Å². The van der Waals surface area contributed by atoms with Crippen LogP contribution in [0.5, 0.6) is 0 Å². The highest BCUT2D eigenvalue weighted by Crippen LogP contribution is 2.16. The summed E-state index contributed by atoms with van der Waals surface area (Å²) in [6.45, 7) is 3.44. The number of amidine groups is 1. The van der Waals surface area contributed by atoms with Crippen LogP contribution in [0.4, 0.5) is 0 Å². The first kappa shape index (κ1) is 9.95. The molecule has 1 heterocycles. The van der Waals surface area contributed by atoms with Crippen molar-refractivity contribution in [2.24, 2.45) is 5.92 Å². The zero-order valence-electron chi connectivity index (χ0n) is 7.82. The van der Waals surface area contributed by atoms with E-state index in [2.05, 4.69) is 0 Å². The molecule has 0 unspecified atom stereocenters. The predicted octanol–water partition coefficient (Wildman–Crippen LogP) is 0.972. The van der Waals surface area contributed by atoms with Gasteiger partial charge in [-0.2, -0.15) is 0 Å². The number of nitrogens with one attached hydrogen (secondary N) is 1. The van der Waals surface area contributed by atoms with Crippen molar-refractivity contribution in [3.63, 3.8) is 0 Å². The molecule has 1 rings (SSSR count). The Labute approximate surface area is 77.4 Å². The van der Waals surface area contributed by atoms with Crippen molar-refractivity contribution >= 4 is 5.84 Å². The van der Waals surface area contributed by atoms with Crippen LogP contribution in [0.1, 0.15) is 19.8 Å². The van der Waals surface area contributed by atoms with Gasteiger partial charge in [-0.1, -0.05) is 0 Å². The molecule has 1 aliphatic rings. The van der Waals surface area contributed by atoms with E-state index in [9.17, 15) is 10.1 Å². The normalized spacial score (nSPS) is 18.7. The molecule has 0 atom stereocenters. The Hall–Kier alpha value is -1.13. The first-order valence-corrected chi connectivity index (χ1v) is 4.51. The number of nitro groups is 1. The van der Waals surface area contributed by atoms with Gasteiger partial charge in [0.25, 0.3) is 0 Å². The molecule has 13 heavy (non-hydrogen) atoms. The fourth-order valence-corrected chi connectivity index (χ4v) is 1.66. The highest BCUT2D eigenvalue weighted by atomic mass is 16.6. The molecule has 5 nitrogen and oxygen atoms in total. The lowest BCUT2D eigenvalue weighted by atomic mass is 9.97. The van der Waals surface area contributed by atoms with Crippen LogP contribution in [-0.2, 0) is 0 Å². The molecule has 0 spiro atoms.